The Kier molecular flexibility index (Phi) is 5.60. The minimum Gasteiger partial charge on any atom is -0.395 e. The lowest BCUT2D eigenvalue weighted by Crippen LogP contribution is -2.43. The summed E-state index contributed by atoms with van der Waals surface area (Å²) in [4.78, 5) is 13.5. The highest BCUT2D eigenvalue weighted by Crippen LogP contribution is 2.06. The molecular formula is C10H20N2O3. The summed E-state index contributed by atoms with van der Waals surface area (Å²) in [6.07, 6.45) is 2.21. The summed E-state index contributed by atoms with van der Waals surface area (Å²) >= 11 is 0. The predicted octanol–water partition coefficient (Wildman–Crippen LogP) is -0.794. The number of rotatable bonds is 6. The van der Waals surface area contributed by atoms with E-state index in [4.69, 9.17) is 9.84 Å². The van der Waals surface area contributed by atoms with Gasteiger partial charge in [0.25, 0.3) is 0 Å². The molecule has 5 heteroatoms. The highest BCUT2D eigenvalue weighted by Gasteiger charge is 2.18. The first-order valence-corrected chi connectivity index (χ1v) is 5.39. The van der Waals surface area contributed by atoms with Gasteiger partial charge in [0.05, 0.1) is 25.8 Å². The minimum atomic E-state index is -0.151. The molecule has 1 aliphatic rings. The Bertz CT molecular complexity index is 193. The van der Waals surface area contributed by atoms with E-state index in [0.29, 0.717) is 6.61 Å². The number of nitrogens with one attached hydrogen (secondary N) is 1. The molecule has 0 bridgehead atoms. The van der Waals surface area contributed by atoms with Crippen LogP contribution in [-0.4, -0.2) is 61.9 Å². The van der Waals surface area contributed by atoms with E-state index in [1.807, 2.05) is 4.90 Å². The van der Waals surface area contributed by atoms with Crippen molar-refractivity contribution in [2.24, 2.45) is 0 Å². The molecule has 0 aromatic heterocycles. The maximum atomic E-state index is 11.6. The average molecular weight is 216 g/mol. The molecule has 0 spiro atoms. The van der Waals surface area contributed by atoms with Crippen LogP contribution in [0.15, 0.2) is 0 Å². The predicted molar refractivity (Wildman–Crippen MR) is 56.6 cm³/mol. The summed E-state index contributed by atoms with van der Waals surface area (Å²) in [5.41, 5.74) is 0. The Morgan fingerprint density at radius 2 is 2.20 bits per heavy atom. The molecule has 0 radical (unpaired) electrons. The SMILES string of the molecule is COCC(CO)NCC(=O)N1CCCC1. The van der Waals surface area contributed by atoms with Gasteiger partial charge >= 0.3 is 0 Å². The fourth-order valence-corrected chi connectivity index (χ4v) is 1.69. The van der Waals surface area contributed by atoms with E-state index in [-0.39, 0.29) is 25.1 Å². The highest BCUT2D eigenvalue weighted by molar-refractivity contribution is 5.78. The number of aliphatic hydroxyl groups is 1. The van der Waals surface area contributed by atoms with Gasteiger partial charge in [0.2, 0.25) is 5.91 Å². The first-order valence-electron chi connectivity index (χ1n) is 5.39. The van der Waals surface area contributed by atoms with Gasteiger partial charge in [-0.3, -0.25) is 4.79 Å². The Balaban J connectivity index is 2.19. The summed E-state index contributed by atoms with van der Waals surface area (Å²) in [5, 5.41) is 11.9. The molecule has 5 nitrogen and oxygen atoms in total. The zero-order valence-electron chi connectivity index (χ0n) is 9.24. The molecule has 15 heavy (non-hydrogen) atoms. The molecule has 0 saturated carbocycles. The van der Waals surface area contributed by atoms with Crippen LogP contribution in [-0.2, 0) is 9.53 Å². The van der Waals surface area contributed by atoms with Crippen molar-refractivity contribution in [1.82, 2.24) is 10.2 Å². The Morgan fingerprint density at radius 3 is 2.73 bits per heavy atom. The van der Waals surface area contributed by atoms with Crippen molar-refractivity contribution in [3.63, 3.8) is 0 Å². The molecule has 1 saturated heterocycles. The lowest BCUT2D eigenvalue weighted by atomic mass is 10.3. The lowest BCUT2D eigenvalue weighted by Gasteiger charge is -2.19. The van der Waals surface area contributed by atoms with Crippen molar-refractivity contribution in [1.29, 1.82) is 0 Å². The Hall–Kier alpha value is -0.650. The molecule has 1 fully saturated rings. The summed E-state index contributed by atoms with van der Waals surface area (Å²) in [5.74, 6) is 0.113. The molecule has 1 amide bonds. The van der Waals surface area contributed by atoms with Crippen LogP contribution in [0.3, 0.4) is 0 Å². The molecular weight excluding hydrogens is 196 g/mol. The van der Waals surface area contributed by atoms with Crippen molar-refractivity contribution in [3.8, 4) is 0 Å². The van der Waals surface area contributed by atoms with Gasteiger partial charge in [-0.1, -0.05) is 0 Å². The number of nitrogens with zero attached hydrogens (tertiary/aromatic N) is 1. The molecule has 0 aromatic rings. The van der Waals surface area contributed by atoms with Crippen molar-refractivity contribution < 1.29 is 14.6 Å². The fourth-order valence-electron chi connectivity index (χ4n) is 1.69. The first kappa shape index (κ1) is 12.4. The summed E-state index contributed by atoms with van der Waals surface area (Å²) in [6, 6.07) is -0.151. The minimum absolute atomic E-state index is 0.0128. The second-order valence-electron chi connectivity index (χ2n) is 3.80. The van der Waals surface area contributed by atoms with E-state index in [2.05, 4.69) is 5.32 Å². The highest BCUT2D eigenvalue weighted by atomic mass is 16.5. The number of hydrogen-bond donors (Lipinski definition) is 2. The van der Waals surface area contributed by atoms with Gasteiger partial charge in [0, 0.05) is 20.2 Å². The van der Waals surface area contributed by atoms with Crippen LogP contribution in [0.5, 0.6) is 0 Å². The molecule has 2 N–H and O–H groups in total. The van der Waals surface area contributed by atoms with E-state index in [1.54, 1.807) is 7.11 Å². The second kappa shape index (κ2) is 6.76. The van der Waals surface area contributed by atoms with Gasteiger partial charge in [0.15, 0.2) is 0 Å². The summed E-state index contributed by atoms with van der Waals surface area (Å²) in [7, 11) is 1.58. The van der Waals surface area contributed by atoms with Crippen molar-refractivity contribution in [3.05, 3.63) is 0 Å². The van der Waals surface area contributed by atoms with Crippen LogP contribution in [0, 0.1) is 0 Å². The number of carbonyl (C=O) groups is 1. The van der Waals surface area contributed by atoms with E-state index < -0.39 is 0 Å². The zero-order valence-corrected chi connectivity index (χ0v) is 9.24. The molecule has 1 aliphatic heterocycles. The number of ether oxygens (including phenoxy) is 1. The number of aliphatic hydroxyl groups excluding tert-OH is 1. The number of likely N-dealkylation sites (tertiary alicyclic amines) is 1. The second-order valence-corrected chi connectivity index (χ2v) is 3.80. The number of amides is 1. The Labute approximate surface area is 90.4 Å². The van der Waals surface area contributed by atoms with Crippen LogP contribution >= 0.6 is 0 Å². The maximum Gasteiger partial charge on any atom is 0.236 e. The van der Waals surface area contributed by atoms with Gasteiger partial charge in [-0.2, -0.15) is 0 Å². The van der Waals surface area contributed by atoms with Crippen LogP contribution in [0.2, 0.25) is 0 Å². The van der Waals surface area contributed by atoms with E-state index in [0.717, 1.165) is 25.9 Å². The number of hydrogen-bond acceptors (Lipinski definition) is 4. The lowest BCUT2D eigenvalue weighted by molar-refractivity contribution is -0.129. The van der Waals surface area contributed by atoms with Crippen LogP contribution in [0.4, 0.5) is 0 Å². The third kappa shape index (κ3) is 4.15. The third-order valence-electron chi connectivity index (χ3n) is 2.59. The smallest absolute Gasteiger partial charge is 0.236 e. The first-order chi connectivity index (χ1) is 7.27. The van der Waals surface area contributed by atoms with Crippen molar-refractivity contribution >= 4 is 5.91 Å². The fraction of sp³-hybridized carbons (Fsp3) is 0.900. The van der Waals surface area contributed by atoms with Crippen LogP contribution in [0.25, 0.3) is 0 Å². The molecule has 0 aliphatic carbocycles. The molecule has 1 unspecified atom stereocenters. The monoisotopic (exact) mass is 216 g/mol. The van der Waals surface area contributed by atoms with Crippen molar-refractivity contribution in [2.45, 2.75) is 18.9 Å². The van der Waals surface area contributed by atoms with Gasteiger partial charge in [-0.05, 0) is 12.8 Å². The normalized spacial score (nSPS) is 18.1. The largest absolute Gasteiger partial charge is 0.395 e. The topological polar surface area (TPSA) is 61.8 Å². The molecule has 0 aromatic carbocycles. The quantitative estimate of drug-likeness (QED) is 0.610. The van der Waals surface area contributed by atoms with E-state index in [1.165, 1.54) is 0 Å². The number of carbonyl (C=O) groups excluding carboxylic acids is 1. The zero-order chi connectivity index (χ0) is 11.1. The maximum absolute atomic E-state index is 11.6. The molecule has 1 heterocycles. The molecule has 88 valence electrons. The Morgan fingerprint density at radius 1 is 1.53 bits per heavy atom. The van der Waals surface area contributed by atoms with Crippen LogP contribution in [0.1, 0.15) is 12.8 Å². The third-order valence-corrected chi connectivity index (χ3v) is 2.59. The van der Waals surface area contributed by atoms with E-state index in [9.17, 15) is 4.79 Å². The molecule has 1 atom stereocenters. The summed E-state index contributed by atoms with van der Waals surface area (Å²) in [6.45, 7) is 2.43. The average Bonchev–Trinajstić information content (AvgIpc) is 2.77. The summed E-state index contributed by atoms with van der Waals surface area (Å²) < 4.78 is 4.91. The van der Waals surface area contributed by atoms with Gasteiger partial charge in [-0.15, -0.1) is 0 Å². The van der Waals surface area contributed by atoms with E-state index >= 15 is 0 Å². The van der Waals surface area contributed by atoms with Gasteiger partial charge in [0.1, 0.15) is 0 Å². The van der Waals surface area contributed by atoms with Crippen LogP contribution < -0.4 is 5.32 Å². The standard InChI is InChI=1S/C10H20N2O3/c1-15-8-9(7-13)11-6-10(14)12-4-2-3-5-12/h9,11,13H,2-8H2,1H3. The molecule has 1 rings (SSSR count). The van der Waals surface area contributed by atoms with Crippen molar-refractivity contribution in [2.75, 3.05) is 40.0 Å². The van der Waals surface area contributed by atoms with Gasteiger partial charge in [-0.25, -0.2) is 0 Å². The number of methoxy groups -OCH3 is 1. The van der Waals surface area contributed by atoms with Gasteiger partial charge < -0.3 is 20.1 Å².